The summed E-state index contributed by atoms with van der Waals surface area (Å²) >= 11 is 0. The van der Waals surface area contributed by atoms with Crippen molar-refractivity contribution in [2.24, 2.45) is 0 Å². The van der Waals surface area contributed by atoms with Crippen LogP contribution in [0.25, 0.3) is 0 Å². The first kappa shape index (κ1) is 13.8. The summed E-state index contributed by atoms with van der Waals surface area (Å²) in [5.41, 5.74) is 0. The Morgan fingerprint density at radius 2 is 1.86 bits per heavy atom. The van der Waals surface area contributed by atoms with Gasteiger partial charge in [0.25, 0.3) is 0 Å². The molecule has 4 nitrogen and oxygen atoms in total. The molecule has 4 heteroatoms. The molecule has 0 aliphatic rings. The van der Waals surface area contributed by atoms with E-state index in [0.29, 0.717) is 6.42 Å². The lowest BCUT2D eigenvalue weighted by molar-refractivity contribution is -0.130. The fraction of sp³-hybridized carbons (Fsp3) is 1.00. The third-order valence-electron chi connectivity index (χ3n) is 2.00. The summed E-state index contributed by atoms with van der Waals surface area (Å²) in [6.45, 7) is 1.79. The molecule has 0 amide bonds. The molecule has 0 bridgehead atoms. The molecule has 2 atom stereocenters. The van der Waals surface area contributed by atoms with E-state index in [1.54, 1.807) is 0 Å². The summed E-state index contributed by atoms with van der Waals surface area (Å²) in [7, 11) is 0. The lowest BCUT2D eigenvalue weighted by Crippen LogP contribution is -2.24. The molecule has 0 rings (SSSR count). The zero-order valence-electron chi connectivity index (χ0n) is 8.85. The number of unbranched alkanes of at least 4 members (excludes halogenated alkanes) is 3. The van der Waals surface area contributed by atoms with Crippen molar-refractivity contribution < 1.29 is 20.1 Å². The van der Waals surface area contributed by atoms with E-state index < -0.39 is 12.4 Å². The van der Waals surface area contributed by atoms with Gasteiger partial charge in [-0.25, -0.2) is 0 Å². The third kappa shape index (κ3) is 8.44. The first-order valence-electron chi connectivity index (χ1n) is 5.29. The van der Waals surface area contributed by atoms with E-state index in [9.17, 15) is 5.11 Å². The minimum Gasteiger partial charge on any atom is -0.394 e. The van der Waals surface area contributed by atoms with Gasteiger partial charge >= 0.3 is 0 Å². The van der Waals surface area contributed by atoms with Gasteiger partial charge in [-0.05, 0) is 12.8 Å². The van der Waals surface area contributed by atoms with Gasteiger partial charge < -0.3 is 20.1 Å². The van der Waals surface area contributed by atoms with E-state index in [2.05, 4.69) is 6.92 Å². The molecule has 0 saturated heterocycles. The Kier molecular flexibility index (Phi) is 9.29. The first-order chi connectivity index (χ1) is 6.70. The topological polar surface area (TPSA) is 69.9 Å². The van der Waals surface area contributed by atoms with Crippen LogP contribution < -0.4 is 0 Å². The predicted molar refractivity (Wildman–Crippen MR) is 53.8 cm³/mol. The average Bonchev–Trinajstić information content (AvgIpc) is 2.21. The van der Waals surface area contributed by atoms with E-state index >= 15 is 0 Å². The molecule has 0 aromatic heterocycles. The smallest absolute Gasteiger partial charge is 0.154 e. The molecule has 14 heavy (non-hydrogen) atoms. The Bertz CT molecular complexity index is 119. The van der Waals surface area contributed by atoms with Gasteiger partial charge in [-0.2, -0.15) is 0 Å². The van der Waals surface area contributed by atoms with E-state index in [4.69, 9.17) is 14.9 Å². The molecule has 0 spiro atoms. The van der Waals surface area contributed by atoms with E-state index in [-0.39, 0.29) is 13.2 Å². The average molecular weight is 206 g/mol. The van der Waals surface area contributed by atoms with Crippen molar-refractivity contribution in [3.63, 3.8) is 0 Å². The van der Waals surface area contributed by atoms with Crippen molar-refractivity contribution >= 4 is 0 Å². The van der Waals surface area contributed by atoms with Crippen LogP contribution >= 0.6 is 0 Å². The Labute approximate surface area is 85.5 Å². The molecular weight excluding hydrogens is 184 g/mol. The van der Waals surface area contributed by atoms with Crippen LogP contribution in [0.15, 0.2) is 0 Å². The number of aliphatic hydroxyl groups is 3. The van der Waals surface area contributed by atoms with Crippen LogP contribution in [-0.4, -0.2) is 40.9 Å². The Morgan fingerprint density at radius 1 is 1.14 bits per heavy atom. The Hall–Kier alpha value is -0.160. The molecule has 0 aromatic rings. The maximum Gasteiger partial charge on any atom is 0.154 e. The molecule has 0 aliphatic heterocycles. The number of aliphatic hydroxyl groups excluding tert-OH is 3. The number of hydrogen-bond donors (Lipinski definition) is 3. The minimum absolute atomic E-state index is 0.00849. The molecule has 0 fully saturated rings. The van der Waals surface area contributed by atoms with Gasteiger partial charge in [-0.1, -0.05) is 26.2 Å². The van der Waals surface area contributed by atoms with Crippen molar-refractivity contribution in [2.45, 2.75) is 51.4 Å². The molecule has 3 N–H and O–H groups in total. The molecule has 2 unspecified atom stereocenters. The Balaban J connectivity index is 3.23. The zero-order valence-corrected chi connectivity index (χ0v) is 8.85. The van der Waals surface area contributed by atoms with Crippen LogP contribution in [0.5, 0.6) is 0 Å². The Morgan fingerprint density at radius 3 is 2.43 bits per heavy atom. The van der Waals surface area contributed by atoms with Crippen LogP contribution in [0, 0.1) is 0 Å². The summed E-state index contributed by atoms with van der Waals surface area (Å²) in [5, 5.41) is 26.7. The van der Waals surface area contributed by atoms with Gasteiger partial charge in [0.1, 0.15) is 6.10 Å². The highest BCUT2D eigenvalue weighted by Crippen LogP contribution is 2.06. The van der Waals surface area contributed by atoms with Crippen LogP contribution in [-0.2, 0) is 4.74 Å². The van der Waals surface area contributed by atoms with Gasteiger partial charge in [0.15, 0.2) is 6.29 Å². The first-order valence-corrected chi connectivity index (χ1v) is 5.29. The molecule has 86 valence electrons. The molecule has 0 radical (unpaired) electrons. The highest BCUT2D eigenvalue weighted by atomic mass is 16.6. The number of hydrogen-bond acceptors (Lipinski definition) is 4. The van der Waals surface area contributed by atoms with Gasteiger partial charge in [-0.15, -0.1) is 0 Å². The maximum atomic E-state index is 9.28. The SMILES string of the molecule is CCCCCCC(O)OCC(O)CO. The van der Waals surface area contributed by atoms with Crippen molar-refractivity contribution in [2.75, 3.05) is 13.2 Å². The fourth-order valence-corrected chi connectivity index (χ4v) is 1.10. The summed E-state index contributed by atoms with van der Waals surface area (Å²) in [4.78, 5) is 0. The summed E-state index contributed by atoms with van der Waals surface area (Å²) in [6.07, 6.45) is 3.27. The third-order valence-corrected chi connectivity index (χ3v) is 2.00. The molecule has 0 aromatic carbocycles. The van der Waals surface area contributed by atoms with Crippen molar-refractivity contribution in [3.05, 3.63) is 0 Å². The number of ether oxygens (including phenoxy) is 1. The second-order valence-corrected chi connectivity index (χ2v) is 3.47. The summed E-state index contributed by atoms with van der Waals surface area (Å²) < 4.78 is 4.92. The van der Waals surface area contributed by atoms with Crippen molar-refractivity contribution in [3.8, 4) is 0 Å². The van der Waals surface area contributed by atoms with E-state index in [1.807, 2.05) is 0 Å². The molecule has 0 aliphatic carbocycles. The van der Waals surface area contributed by atoms with Gasteiger partial charge in [0.2, 0.25) is 0 Å². The second-order valence-electron chi connectivity index (χ2n) is 3.47. The largest absolute Gasteiger partial charge is 0.394 e. The molecular formula is C10H22O4. The summed E-state index contributed by atoms with van der Waals surface area (Å²) in [5.74, 6) is 0. The molecule has 0 saturated carbocycles. The van der Waals surface area contributed by atoms with Crippen LogP contribution in [0.4, 0.5) is 0 Å². The van der Waals surface area contributed by atoms with Crippen molar-refractivity contribution in [1.82, 2.24) is 0 Å². The maximum absolute atomic E-state index is 9.28. The van der Waals surface area contributed by atoms with Gasteiger partial charge in [0.05, 0.1) is 13.2 Å². The predicted octanol–water partition coefficient (Wildman–Crippen LogP) is 0.645. The normalized spacial score (nSPS) is 15.4. The molecule has 0 heterocycles. The summed E-state index contributed by atoms with van der Waals surface area (Å²) in [6, 6.07) is 0. The second kappa shape index (κ2) is 9.40. The monoisotopic (exact) mass is 206 g/mol. The zero-order chi connectivity index (χ0) is 10.8. The lowest BCUT2D eigenvalue weighted by atomic mass is 10.1. The number of rotatable bonds is 9. The minimum atomic E-state index is -0.889. The lowest BCUT2D eigenvalue weighted by Gasteiger charge is -2.13. The van der Waals surface area contributed by atoms with Crippen LogP contribution in [0.3, 0.4) is 0 Å². The highest BCUT2D eigenvalue weighted by Gasteiger charge is 2.07. The van der Waals surface area contributed by atoms with Crippen molar-refractivity contribution in [1.29, 1.82) is 0 Å². The van der Waals surface area contributed by atoms with Gasteiger partial charge in [-0.3, -0.25) is 0 Å². The van der Waals surface area contributed by atoms with Crippen LogP contribution in [0.1, 0.15) is 39.0 Å². The quantitative estimate of drug-likeness (QED) is 0.382. The highest BCUT2D eigenvalue weighted by molar-refractivity contribution is 4.51. The standard InChI is InChI=1S/C10H22O4/c1-2-3-4-5-6-10(13)14-8-9(12)7-11/h9-13H,2-8H2,1H3. The van der Waals surface area contributed by atoms with E-state index in [1.165, 1.54) is 12.8 Å². The van der Waals surface area contributed by atoms with Gasteiger partial charge in [0, 0.05) is 0 Å². The van der Waals surface area contributed by atoms with E-state index in [0.717, 1.165) is 12.8 Å². The van der Waals surface area contributed by atoms with Crippen LogP contribution in [0.2, 0.25) is 0 Å². The fourth-order valence-electron chi connectivity index (χ4n) is 1.10.